The normalized spacial score (nSPS) is 23.1. The van der Waals surface area contributed by atoms with Gasteiger partial charge < -0.3 is 10.1 Å². The molecule has 1 aliphatic rings. The highest BCUT2D eigenvalue weighted by molar-refractivity contribution is 5.37. The van der Waals surface area contributed by atoms with Gasteiger partial charge in [-0.05, 0) is 49.4 Å². The lowest BCUT2D eigenvalue weighted by atomic mass is 9.81. The molecule has 0 spiro atoms. The minimum atomic E-state index is -0.161. The molecule has 2 atom stereocenters. The van der Waals surface area contributed by atoms with Crippen molar-refractivity contribution in [3.8, 4) is 5.75 Å². The van der Waals surface area contributed by atoms with E-state index in [9.17, 15) is 4.39 Å². The zero-order chi connectivity index (χ0) is 15.2. The van der Waals surface area contributed by atoms with E-state index in [1.54, 1.807) is 19.2 Å². The Labute approximate surface area is 128 Å². The van der Waals surface area contributed by atoms with Crippen LogP contribution >= 0.6 is 0 Å². The molecule has 1 aromatic rings. The van der Waals surface area contributed by atoms with Gasteiger partial charge in [-0.2, -0.15) is 0 Å². The molecular formula is C18H28FNO. The third kappa shape index (κ3) is 4.44. The summed E-state index contributed by atoms with van der Waals surface area (Å²) in [6.45, 7) is 5.35. The number of methoxy groups -OCH3 is 1. The summed E-state index contributed by atoms with van der Waals surface area (Å²) < 4.78 is 19.2. The Balaban J connectivity index is 2.25. The fourth-order valence-corrected chi connectivity index (χ4v) is 3.42. The predicted molar refractivity (Wildman–Crippen MR) is 85.4 cm³/mol. The molecule has 1 fully saturated rings. The maximum atomic E-state index is 13.7. The number of ether oxygens (including phenoxy) is 1. The van der Waals surface area contributed by atoms with E-state index in [2.05, 4.69) is 19.2 Å². The van der Waals surface area contributed by atoms with Crippen molar-refractivity contribution in [1.82, 2.24) is 5.32 Å². The van der Waals surface area contributed by atoms with Gasteiger partial charge in [0.2, 0.25) is 0 Å². The highest BCUT2D eigenvalue weighted by Crippen LogP contribution is 2.40. The quantitative estimate of drug-likeness (QED) is 0.807. The van der Waals surface area contributed by atoms with Crippen LogP contribution in [-0.2, 0) is 0 Å². The van der Waals surface area contributed by atoms with Gasteiger partial charge in [-0.25, -0.2) is 4.39 Å². The van der Waals surface area contributed by atoms with Gasteiger partial charge in [0.25, 0.3) is 0 Å². The van der Waals surface area contributed by atoms with Crippen molar-refractivity contribution in [2.24, 2.45) is 5.92 Å². The van der Waals surface area contributed by atoms with Crippen LogP contribution in [0.3, 0.4) is 0 Å². The van der Waals surface area contributed by atoms with Gasteiger partial charge in [0, 0.05) is 11.6 Å². The second kappa shape index (κ2) is 7.79. The van der Waals surface area contributed by atoms with Crippen LogP contribution in [0.15, 0.2) is 18.2 Å². The number of benzene rings is 1. The van der Waals surface area contributed by atoms with Crippen LogP contribution in [0, 0.1) is 11.7 Å². The minimum Gasteiger partial charge on any atom is -0.496 e. The first-order valence-corrected chi connectivity index (χ1v) is 8.18. The molecule has 2 rings (SSSR count). The van der Waals surface area contributed by atoms with Crippen LogP contribution < -0.4 is 10.1 Å². The van der Waals surface area contributed by atoms with Crippen molar-refractivity contribution in [3.63, 3.8) is 0 Å². The van der Waals surface area contributed by atoms with Crippen LogP contribution in [0.25, 0.3) is 0 Å². The summed E-state index contributed by atoms with van der Waals surface area (Å²) in [4.78, 5) is 0. The van der Waals surface area contributed by atoms with Crippen LogP contribution in [-0.4, -0.2) is 19.7 Å². The molecule has 0 saturated heterocycles. The van der Waals surface area contributed by atoms with E-state index in [1.165, 1.54) is 31.7 Å². The van der Waals surface area contributed by atoms with Gasteiger partial charge in [-0.1, -0.05) is 33.1 Å². The van der Waals surface area contributed by atoms with Crippen LogP contribution in [0.5, 0.6) is 5.75 Å². The number of nitrogens with one attached hydrogen (secondary N) is 1. The van der Waals surface area contributed by atoms with E-state index in [-0.39, 0.29) is 5.82 Å². The average molecular weight is 293 g/mol. The average Bonchev–Trinajstić information content (AvgIpc) is 2.70. The highest BCUT2D eigenvalue weighted by atomic mass is 19.1. The molecule has 0 aliphatic heterocycles. The largest absolute Gasteiger partial charge is 0.496 e. The Kier molecular flexibility index (Phi) is 6.04. The number of hydrogen-bond acceptors (Lipinski definition) is 2. The fourth-order valence-electron chi connectivity index (χ4n) is 3.42. The summed E-state index contributed by atoms with van der Waals surface area (Å²) in [5, 5.41) is 3.56. The molecule has 2 nitrogen and oxygen atoms in total. The lowest BCUT2D eigenvalue weighted by molar-refractivity contribution is 0.345. The summed E-state index contributed by atoms with van der Waals surface area (Å²) in [5.74, 6) is 1.62. The summed E-state index contributed by atoms with van der Waals surface area (Å²) in [6, 6.07) is 5.42. The lowest BCUT2D eigenvalue weighted by Gasteiger charge is -2.28. The molecule has 0 radical (unpaired) electrons. The van der Waals surface area contributed by atoms with Gasteiger partial charge >= 0.3 is 0 Å². The van der Waals surface area contributed by atoms with Gasteiger partial charge in [0.05, 0.1) is 7.11 Å². The molecule has 2 unspecified atom stereocenters. The van der Waals surface area contributed by atoms with Crippen LogP contribution in [0.4, 0.5) is 4.39 Å². The third-order valence-electron chi connectivity index (χ3n) is 4.54. The zero-order valence-corrected chi connectivity index (χ0v) is 13.5. The number of hydrogen-bond donors (Lipinski definition) is 1. The van der Waals surface area contributed by atoms with E-state index in [0.717, 1.165) is 24.3 Å². The van der Waals surface area contributed by atoms with E-state index in [0.29, 0.717) is 17.9 Å². The smallest absolute Gasteiger partial charge is 0.123 e. The molecular weight excluding hydrogens is 265 g/mol. The Hall–Kier alpha value is -1.09. The molecule has 1 aromatic carbocycles. The first kappa shape index (κ1) is 16.3. The molecule has 0 bridgehead atoms. The Bertz CT molecular complexity index is 447. The van der Waals surface area contributed by atoms with Gasteiger partial charge in [0.1, 0.15) is 11.6 Å². The van der Waals surface area contributed by atoms with Crippen molar-refractivity contribution < 1.29 is 9.13 Å². The molecule has 3 heteroatoms. The van der Waals surface area contributed by atoms with Gasteiger partial charge in [-0.15, -0.1) is 0 Å². The molecule has 118 valence electrons. The maximum absolute atomic E-state index is 13.7. The van der Waals surface area contributed by atoms with E-state index < -0.39 is 0 Å². The molecule has 0 amide bonds. The van der Waals surface area contributed by atoms with E-state index in [4.69, 9.17) is 4.74 Å². The monoisotopic (exact) mass is 293 g/mol. The van der Waals surface area contributed by atoms with E-state index >= 15 is 0 Å². The van der Waals surface area contributed by atoms with Crippen molar-refractivity contribution in [1.29, 1.82) is 0 Å². The van der Waals surface area contributed by atoms with Crippen LogP contribution in [0.2, 0.25) is 0 Å². The highest BCUT2D eigenvalue weighted by Gasteiger charge is 2.27. The van der Waals surface area contributed by atoms with Crippen LogP contribution in [0.1, 0.15) is 57.4 Å². The molecule has 0 heterocycles. The van der Waals surface area contributed by atoms with Gasteiger partial charge in [-0.3, -0.25) is 0 Å². The predicted octanol–water partition coefficient (Wildman–Crippen LogP) is 4.50. The minimum absolute atomic E-state index is 0.161. The first-order valence-electron chi connectivity index (χ1n) is 8.18. The summed E-state index contributed by atoms with van der Waals surface area (Å²) in [7, 11) is 1.68. The summed E-state index contributed by atoms with van der Waals surface area (Å²) in [6.07, 6.45) is 6.13. The summed E-state index contributed by atoms with van der Waals surface area (Å²) >= 11 is 0. The lowest BCUT2D eigenvalue weighted by Crippen LogP contribution is -2.31. The van der Waals surface area contributed by atoms with E-state index in [1.807, 2.05) is 0 Å². The molecule has 1 N–H and O–H groups in total. The number of halogens is 1. The van der Waals surface area contributed by atoms with Crippen molar-refractivity contribution >= 4 is 0 Å². The molecule has 1 saturated carbocycles. The SMILES string of the molecule is COc1ccc(F)cc1C1CCCCCC1CNC(C)C. The fraction of sp³-hybridized carbons (Fsp3) is 0.667. The second-order valence-corrected chi connectivity index (χ2v) is 6.45. The standard InChI is InChI=1S/C18H28FNO/c1-13(2)20-12-14-7-5-4-6-8-16(14)17-11-15(19)9-10-18(17)21-3/h9-11,13-14,16,20H,4-8,12H2,1-3H3. The van der Waals surface area contributed by atoms with Crippen molar-refractivity contribution in [3.05, 3.63) is 29.6 Å². The van der Waals surface area contributed by atoms with Crippen molar-refractivity contribution in [2.45, 2.75) is 57.9 Å². The maximum Gasteiger partial charge on any atom is 0.123 e. The first-order chi connectivity index (χ1) is 10.1. The van der Waals surface area contributed by atoms with Crippen molar-refractivity contribution in [2.75, 3.05) is 13.7 Å². The Morgan fingerprint density at radius 3 is 2.71 bits per heavy atom. The zero-order valence-electron chi connectivity index (χ0n) is 13.5. The Morgan fingerprint density at radius 2 is 2.00 bits per heavy atom. The van der Waals surface area contributed by atoms with Gasteiger partial charge in [0.15, 0.2) is 0 Å². The second-order valence-electron chi connectivity index (χ2n) is 6.45. The molecule has 0 aromatic heterocycles. The topological polar surface area (TPSA) is 21.3 Å². The third-order valence-corrected chi connectivity index (χ3v) is 4.54. The molecule has 21 heavy (non-hydrogen) atoms. The molecule has 1 aliphatic carbocycles. The summed E-state index contributed by atoms with van der Waals surface area (Å²) in [5.41, 5.74) is 1.05. The number of rotatable bonds is 5. The Morgan fingerprint density at radius 1 is 1.24 bits per heavy atom.